The van der Waals surface area contributed by atoms with E-state index in [2.05, 4.69) is 10.2 Å². The first kappa shape index (κ1) is 19.9. The summed E-state index contributed by atoms with van der Waals surface area (Å²) in [5.74, 6) is -1.49. The maximum absolute atomic E-state index is 12.5. The quantitative estimate of drug-likeness (QED) is 0.700. The average Bonchev–Trinajstić information content (AvgIpc) is 2.94. The van der Waals surface area contributed by atoms with E-state index in [1.165, 1.54) is 4.90 Å². The van der Waals surface area contributed by atoms with Gasteiger partial charge in [0.05, 0.1) is 0 Å². The Kier molecular flexibility index (Phi) is 5.33. The van der Waals surface area contributed by atoms with Crippen LogP contribution in [0.15, 0.2) is 0 Å². The molecule has 0 aliphatic carbocycles. The zero-order chi connectivity index (χ0) is 19.0. The molecule has 0 aromatic heterocycles. The van der Waals surface area contributed by atoms with Crippen LogP contribution in [0.3, 0.4) is 0 Å². The Morgan fingerprint density at radius 1 is 1.12 bits per heavy atom. The first-order valence-corrected chi connectivity index (χ1v) is 10.5. The molecule has 2 aliphatic heterocycles. The molecule has 2 heterocycles. The van der Waals surface area contributed by atoms with Crippen LogP contribution in [0.25, 0.3) is 0 Å². The van der Waals surface area contributed by atoms with Crippen LogP contribution < -0.4 is 10.2 Å². The van der Waals surface area contributed by atoms with E-state index < -0.39 is 37.7 Å². The molecule has 0 bridgehead atoms. The van der Waals surface area contributed by atoms with Gasteiger partial charge in [0, 0.05) is 0 Å². The number of hydrogen-bond donors (Lipinski definition) is 2. The van der Waals surface area contributed by atoms with Crippen LogP contribution in [0.4, 0.5) is 4.79 Å². The van der Waals surface area contributed by atoms with Gasteiger partial charge in [0.1, 0.15) is 0 Å². The fourth-order valence-corrected chi connectivity index (χ4v) is 6.33. The van der Waals surface area contributed by atoms with Crippen molar-refractivity contribution in [2.75, 3.05) is 13.6 Å². The Morgan fingerprint density at radius 3 is 1.88 bits per heavy atom. The van der Waals surface area contributed by atoms with Crippen molar-refractivity contribution in [3.63, 3.8) is 0 Å². The summed E-state index contributed by atoms with van der Waals surface area (Å²) in [7, 11) is -3.07. The fraction of sp³-hybridized carbons (Fsp3) is 0.800. The van der Waals surface area contributed by atoms with Gasteiger partial charge in [-0.2, -0.15) is 0 Å². The van der Waals surface area contributed by atoms with E-state index in [1.807, 2.05) is 34.6 Å². The minimum absolute atomic E-state index is 0.139. The predicted molar refractivity (Wildman–Crippen MR) is 92.0 cm³/mol. The summed E-state index contributed by atoms with van der Waals surface area (Å²) >= 11 is 0. The molecule has 9 nitrogen and oxygen atoms in total. The number of nitrogens with zero attached hydrogens (tertiary/aromatic N) is 1. The van der Waals surface area contributed by atoms with Gasteiger partial charge >= 0.3 is 147 Å². The molecule has 0 radical (unpaired) electrons. The molecule has 2 fully saturated rings. The molecule has 1 spiro atoms. The van der Waals surface area contributed by atoms with Gasteiger partial charge in [-0.3, -0.25) is 0 Å². The molecule has 0 unspecified atom stereocenters. The van der Waals surface area contributed by atoms with Crippen molar-refractivity contribution >= 4 is 25.6 Å². The summed E-state index contributed by atoms with van der Waals surface area (Å²) in [4.78, 5) is 38.5. The second kappa shape index (κ2) is 6.70. The molecule has 1 amide bonds. The van der Waals surface area contributed by atoms with Crippen LogP contribution in [-0.2, 0) is 23.2 Å². The van der Waals surface area contributed by atoms with Gasteiger partial charge < -0.3 is 0 Å². The van der Waals surface area contributed by atoms with E-state index in [4.69, 9.17) is 13.6 Å². The van der Waals surface area contributed by atoms with Crippen molar-refractivity contribution in [1.82, 2.24) is 15.1 Å². The average molecular weight is 377 g/mol. The molecule has 0 saturated carbocycles. The van der Waals surface area contributed by atoms with Crippen LogP contribution in [0.1, 0.15) is 41.0 Å². The minimum atomic E-state index is -4.64. The summed E-state index contributed by atoms with van der Waals surface area (Å²) < 4.78 is 16.5. The van der Waals surface area contributed by atoms with Gasteiger partial charge in [-0.25, -0.2) is 0 Å². The topological polar surface area (TPSA) is 106 Å². The SMILES string of the molecule is CCCN(C)C(=O)OP12(N[C@@H](C(C)C)C(=O)O1)N[C@@H](C(C)C)C(=O)O2. The van der Waals surface area contributed by atoms with Gasteiger partial charge in [0.25, 0.3) is 0 Å². The van der Waals surface area contributed by atoms with Crippen LogP contribution >= 0.6 is 7.59 Å². The van der Waals surface area contributed by atoms with E-state index in [0.717, 1.165) is 6.42 Å². The Bertz CT molecular complexity index is 546. The molecule has 10 heteroatoms. The van der Waals surface area contributed by atoms with Gasteiger partial charge in [-0.15, -0.1) is 0 Å². The number of rotatable bonds is 5. The van der Waals surface area contributed by atoms with Gasteiger partial charge in [0.15, 0.2) is 0 Å². The molecule has 2 rings (SSSR count). The van der Waals surface area contributed by atoms with Crippen molar-refractivity contribution in [2.24, 2.45) is 11.8 Å². The van der Waals surface area contributed by atoms with Gasteiger partial charge in [-0.1, -0.05) is 0 Å². The Balaban J connectivity index is 2.39. The molecule has 2 saturated heterocycles. The van der Waals surface area contributed by atoms with Crippen LogP contribution in [0, 0.1) is 11.8 Å². The Morgan fingerprint density at radius 2 is 1.56 bits per heavy atom. The number of hydrogen-bond acceptors (Lipinski definition) is 8. The number of nitrogens with one attached hydrogen (secondary N) is 2. The monoisotopic (exact) mass is 377 g/mol. The zero-order valence-corrected chi connectivity index (χ0v) is 16.5. The Labute approximate surface area is 148 Å². The zero-order valence-electron chi connectivity index (χ0n) is 15.6. The van der Waals surface area contributed by atoms with Crippen LogP contribution in [0.2, 0.25) is 0 Å². The van der Waals surface area contributed by atoms with E-state index in [1.54, 1.807) is 7.05 Å². The molecule has 2 N–H and O–H groups in total. The molecule has 144 valence electrons. The van der Waals surface area contributed by atoms with E-state index >= 15 is 0 Å². The molecule has 0 aromatic rings. The van der Waals surface area contributed by atoms with Gasteiger partial charge in [0.2, 0.25) is 0 Å². The van der Waals surface area contributed by atoms with Crippen molar-refractivity contribution in [3.8, 4) is 0 Å². The molecular formula is C15H28N3O6P. The first-order valence-electron chi connectivity index (χ1n) is 8.54. The second-order valence-electron chi connectivity index (χ2n) is 7.18. The standard InChI is InChI=1S/C15H28N3O6P/c1-7-8-18(6)15(21)24-25(16-11(9(2)3)13(19)22-25)17-12(10(4)5)14(20)23-25/h9-12,16-17H,7-8H2,1-6H3/t11-,12-/m0/s1. The molecule has 25 heavy (non-hydrogen) atoms. The normalized spacial score (nSPS) is 28.6. The van der Waals surface area contributed by atoms with Crippen molar-refractivity contribution in [2.45, 2.75) is 53.1 Å². The summed E-state index contributed by atoms with van der Waals surface area (Å²) in [6, 6.07) is -1.48. The third-order valence-corrected chi connectivity index (χ3v) is 7.15. The maximum atomic E-state index is 12.5. The second-order valence-corrected chi connectivity index (χ2v) is 10.0. The molecule has 0 aromatic carbocycles. The first-order chi connectivity index (χ1) is 11.5. The van der Waals surface area contributed by atoms with E-state index in [0.29, 0.717) is 6.54 Å². The number of carbonyl (C=O) groups excluding carboxylic acids is 3. The van der Waals surface area contributed by atoms with Crippen molar-refractivity contribution in [1.29, 1.82) is 0 Å². The molecule has 2 atom stereocenters. The number of amides is 1. The molecule has 2 aliphatic rings. The van der Waals surface area contributed by atoms with Crippen LogP contribution in [-0.4, -0.2) is 48.6 Å². The van der Waals surface area contributed by atoms with Crippen molar-refractivity contribution in [3.05, 3.63) is 0 Å². The third kappa shape index (κ3) is 3.59. The van der Waals surface area contributed by atoms with Crippen LogP contribution in [0.5, 0.6) is 0 Å². The number of carbonyl (C=O) groups is 3. The van der Waals surface area contributed by atoms with Crippen molar-refractivity contribution < 1.29 is 28.0 Å². The fourth-order valence-electron chi connectivity index (χ4n) is 2.76. The summed E-state index contributed by atoms with van der Waals surface area (Å²) in [5, 5.41) is 5.81. The van der Waals surface area contributed by atoms with Gasteiger partial charge in [-0.05, 0) is 0 Å². The Hall–Kier alpha value is -1.44. The van der Waals surface area contributed by atoms with E-state index in [9.17, 15) is 14.4 Å². The summed E-state index contributed by atoms with van der Waals surface area (Å²) in [5.41, 5.74) is 0. The summed E-state index contributed by atoms with van der Waals surface area (Å²) in [6.45, 7) is 9.65. The molecular weight excluding hydrogens is 349 g/mol. The van der Waals surface area contributed by atoms with E-state index in [-0.39, 0.29) is 11.8 Å². The summed E-state index contributed by atoms with van der Waals surface area (Å²) in [6.07, 6.45) is -0.000437. The predicted octanol–water partition coefficient (Wildman–Crippen LogP) is 1.94. The third-order valence-electron chi connectivity index (χ3n) is 4.19.